The summed E-state index contributed by atoms with van der Waals surface area (Å²) in [6, 6.07) is 6.69. The first-order valence-corrected chi connectivity index (χ1v) is 9.55. The summed E-state index contributed by atoms with van der Waals surface area (Å²) in [6.45, 7) is 4.11. The molecule has 1 aromatic carbocycles. The summed E-state index contributed by atoms with van der Waals surface area (Å²) in [5.41, 5.74) is 1.97. The molecule has 0 saturated carbocycles. The lowest BCUT2D eigenvalue weighted by Crippen LogP contribution is -1.95. The van der Waals surface area contributed by atoms with Gasteiger partial charge in [0.1, 0.15) is 5.00 Å². The Balaban J connectivity index is 1.68. The molecular formula is C14H10N6O2S3. The highest BCUT2D eigenvalue weighted by Gasteiger charge is 2.16. The van der Waals surface area contributed by atoms with Gasteiger partial charge in [0.05, 0.1) is 15.1 Å². The third-order valence-electron chi connectivity index (χ3n) is 3.54. The number of nitrogens with zero attached hydrogens (tertiary/aromatic N) is 6. The van der Waals surface area contributed by atoms with Crippen LogP contribution in [0.1, 0.15) is 10.4 Å². The maximum Gasteiger partial charge on any atom is 0.270 e. The molecule has 0 fully saturated rings. The molecule has 0 unspecified atom stereocenters. The van der Waals surface area contributed by atoms with Gasteiger partial charge in [-0.2, -0.15) is 4.68 Å². The highest BCUT2D eigenvalue weighted by atomic mass is 32.2. The van der Waals surface area contributed by atoms with Crippen LogP contribution in [-0.2, 0) is 0 Å². The second-order valence-electron chi connectivity index (χ2n) is 5.19. The Morgan fingerprint density at radius 2 is 2.08 bits per heavy atom. The number of thiophene rings is 1. The number of hydrogen-bond donors (Lipinski definition) is 0. The molecule has 8 nitrogen and oxygen atoms in total. The van der Waals surface area contributed by atoms with Crippen LogP contribution >= 0.6 is 34.4 Å². The lowest BCUT2D eigenvalue weighted by Gasteiger charge is -1.98. The van der Waals surface area contributed by atoms with E-state index in [1.54, 1.807) is 22.1 Å². The van der Waals surface area contributed by atoms with Gasteiger partial charge >= 0.3 is 0 Å². The summed E-state index contributed by atoms with van der Waals surface area (Å²) in [5.74, 6) is 0. The lowest BCUT2D eigenvalue weighted by molar-refractivity contribution is -0.384. The Morgan fingerprint density at radius 1 is 1.24 bits per heavy atom. The third kappa shape index (κ3) is 3.01. The number of nitro groups is 1. The van der Waals surface area contributed by atoms with E-state index < -0.39 is 4.92 Å². The normalized spacial score (nSPS) is 11.3. The summed E-state index contributed by atoms with van der Waals surface area (Å²) in [5, 5.41) is 24.3. The molecule has 25 heavy (non-hydrogen) atoms. The molecule has 3 aromatic heterocycles. The Labute approximate surface area is 153 Å². The van der Waals surface area contributed by atoms with Crippen LogP contribution in [0.3, 0.4) is 0 Å². The second-order valence-corrected chi connectivity index (χ2v) is 8.67. The summed E-state index contributed by atoms with van der Waals surface area (Å²) < 4.78 is 3.18. The van der Waals surface area contributed by atoms with Crippen molar-refractivity contribution in [3.8, 4) is 5.00 Å². The lowest BCUT2D eigenvalue weighted by atomic mass is 10.3. The summed E-state index contributed by atoms with van der Waals surface area (Å²) in [7, 11) is 0. The zero-order valence-corrected chi connectivity index (χ0v) is 15.5. The van der Waals surface area contributed by atoms with E-state index in [1.807, 2.05) is 13.0 Å². The Bertz CT molecular complexity index is 1080. The molecule has 0 N–H and O–H groups in total. The van der Waals surface area contributed by atoms with E-state index >= 15 is 0 Å². The molecule has 4 rings (SSSR count). The molecule has 0 aliphatic heterocycles. The van der Waals surface area contributed by atoms with Gasteiger partial charge in [-0.25, -0.2) is 4.98 Å². The van der Waals surface area contributed by atoms with Crippen LogP contribution in [-0.4, -0.2) is 30.1 Å². The van der Waals surface area contributed by atoms with E-state index in [1.165, 1.54) is 45.7 Å². The maximum atomic E-state index is 10.9. The molecule has 0 aliphatic carbocycles. The number of aromatic nitrogens is 5. The summed E-state index contributed by atoms with van der Waals surface area (Å²) in [4.78, 5) is 16.2. The summed E-state index contributed by atoms with van der Waals surface area (Å²) >= 11 is 4.35. The minimum absolute atomic E-state index is 0.0575. The quantitative estimate of drug-likeness (QED) is 0.383. The Morgan fingerprint density at radius 3 is 2.80 bits per heavy atom. The van der Waals surface area contributed by atoms with Gasteiger partial charge in [0.2, 0.25) is 5.16 Å². The molecule has 0 atom stereocenters. The smallest absolute Gasteiger partial charge is 0.258 e. The van der Waals surface area contributed by atoms with E-state index in [9.17, 15) is 10.1 Å². The molecular weight excluding hydrogens is 380 g/mol. The molecule has 0 saturated heterocycles. The Hall–Kier alpha value is -2.37. The number of aryl methyl sites for hydroxylation is 2. The fraction of sp³-hybridized carbons (Fsp3) is 0.143. The van der Waals surface area contributed by atoms with Crippen LogP contribution in [0.25, 0.3) is 15.2 Å². The van der Waals surface area contributed by atoms with Crippen LogP contribution in [0.15, 0.2) is 33.8 Å². The molecule has 0 amide bonds. The van der Waals surface area contributed by atoms with Crippen LogP contribution in [0.5, 0.6) is 0 Å². The minimum atomic E-state index is -0.409. The van der Waals surface area contributed by atoms with E-state index in [-0.39, 0.29) is 5.69 Å². The maximum absolute atomic E-state index is 10.9. The van der Waals surface area contributed by atoms with Crippen molar-refractivity contribution < 1.29 is 4.92 Å². The first-order valence-electron chi connectivity index (χ1n) is 7.10. The van der Waals surface area contributed by atoms with Gasteiger partial charge < -0.3 is 0 Å². The minimum Gasteiger partial charge on any atom is -0.258 e. The average molecular weight is 390 g/mol. The number of rotatable bonds is 4. The number of tetrazole rings is 1. The standard InChI is InChI=1S/C14H10N6O2S3/c1-7-5-12(23-8(7)2)19-13(16-17-18-19)25-14-15-10-4-3-9(20(21)22)6-11(10)24-14/h3-6H,1-2H3. The largest absolute Gasteiger partial charge is 0.270 e. The number of hydrogen-bond acceptors (Lipinski definition) is 9. The number of non-ortho nitro benzene ring substituents is 1. The van der Waals surface area contributed by atoms with Gasteiger partial charge in [-0.05, 0) is 53.7 Å². The van der Waals surface area contributed by atoms with Crippen LogP contribution in [0.4, 0.5) is 5.69 Å². The van der Waals surface area contributed by atoms with Gasteiger partial charge in [-0.15, -0.1) is 27.8 Å². The molecule has 11 heteroatoms. The van der Waals surface area contributed by atoms with Crippen molar-refractivity contribution in [3.63, 3.8) is 0 Å². The molecule has 0 radical (unpaired) electrons. The van der Waals surface area contributed by atoms with Crippen LogP contribution < -0.4 is 0 Å². The molecule has 126 valence electrons. The van der Waals surface area contributed by atoms with Gasteiger partial charge in [0.25, 0.3) is 5.69 Å². The van der Waals surface area contributed by atoms with Gasteiger partial charge in [0.15, 0.2) is 4.34 Å². The van der Waals surface area contributed by atoms with E-state index in [0.29, 0.717) is 5.16 Å². The third-order valence-corrected chi connectivity index (χ3v) is 6.69. The molecule has 0 spiro atoms. The zero-order chi connectivity index (χ0) is 17.6. The molecule has 4 aromatic rings. The molecule has 0 bridgehead atoms. The fourth-order valence-corrected chi connectivity index (χ4v) is 5.19. The molecule has 3 heterocycles. The van der Waals surface area contributed by atoms with Gasteiger partial charge in [0, 0.05) is 17.0 Å². The van der Waals surface area contributed by atoms with Crippen molar-refractivity contribution in [2.45, 2.75) is 23.3 Å². The zero-order valence-electron chi connectivity index (χ0n) is 13.0. The van der Waals surface area contributed by atoms with Crippen molar-refractivity contribution in [2.24, 2.45) is 0 Å². The fourth-order valence-electron chi connectivity index (χ4n) is 2.17. The SMILES string of the molecule is Cc1cc(-n2nnnc2Sc2nc3ccc([N+](=O)[O-])cc3s2)sc1C. The van der Waals surface area contributed by atoms with Crippen molar-refractivity contribution in [2.75, 3.05) is 0 Å². The highest BCUT2D eigenvalue weighted by molar-refractivity contribution is 8.01. The monoisotopic (exact) mass is 390 g/mol. The van der Waals surface area contributed by atoms with E-state index in [0.717, 1.165) is 19.6 Å². The Kier molecular flexibility index (Phi) is 3.98. The number of benzene rings is 1. The van der Waals surface area contributed by atoms with E-state index in [4.69, 9.17) is 0 Å². The number of thiazole rings is 1. The van der Waals surface area contributed by atoms with Crippen molar-refractivity contribution in [1.29, 1.82) is 0 Å². The van der Waals surface area contributed by atoms with Crippen LogP contribution in [0.2, 0.25) is 0 Å². The first-order chi connectivity index (χ1) is 12.0. The summed E-state index contributed by atoms with van der Waals surface area (Å²) in [6.07, 6.45) is 0. The highest BCUT2D eigenvalue weighted by Crippen LogP contribution is 2.36. The predicted molar refractivity (Wildman–Crippen MR) is 96.9 cm³/mol. The number of fused-ring (bicyclic) bond motifs is 1. The van der Waals surface area contributed by atoms with Crippen molar-refractivity contribution >= 4 is 50.3 Å². The average Bonchev–Trinajstić information content (AvgIpc) is 3.26. The van der Waals surface area contributed by atoms with E-state index in [2.05, 4.69) is 27.4 Å². The first kappa shape index (κ1) is 16.1. The van der Waals surface area contributed by atoms with Gasteiger partial charge in [-0.1, -0.05) is 0 Å². The number of nitro benzene ring substituents is 1. The van der Waals surface area contributed by atoms with Gasteiger partial charge in [-0.3, -0.25) is 10.1 Å². The van der Waals surface area contributed by atoms with Crippen molar-refractivity contribution in [1.82, 2.24) is 25.2 Å². The topological polar surface area (TPSA) is 99.6 Å². The van der Waals surface area contributed by atoms with Crippen LogP contribution in [0, 0.1) is 24.0 Å². The molecule has 0 aliphatic rings. The second kappa shape index (κ2) is 6.17. The van der Waals surface area contributed by atoms with Crippen molar-refractivity contribution in [3.05, 3.63) is 44.8 Å². The predicted octanol–water partition coefficient (Wildman–Crippen LogP) is 4.01.